The molecule has 0 rings (SSSR count). The van der Waals surface area contributed by atoms with E-state index in [-0.39, 0.29) is 6.10 Å². The summed E-state index contributed by atoms with van der Waals surface area (Å²) in [5.74, 6) is 0. The Labute approximate surface area is 58.1 Å². The minimum Gasteiger partial charge on any atom is -0.393 e. The Kier molecular flexibility index (Phi) is 6.06. The summed E-state index contributed by atoms with van der Waals surface area (Å²) in [5, 5.41) is 9.12. The minimum absolute atomic E-state index is 0.157. The van der Waals surface area contributed by atoms with Crippen LogP contribution in [0.15, 0.2) is 0 Å². The van der Waals surface area contributed by atoms with E-state index in [9.17, 15) is 0 Å². The molecule has 1 nitrogen and oxygen atoms in total. The topological polar surface area (TPSA) is 20.2 Å². The summed E-state index contributed by atoms with van der Waals surface area (Å²) >= 11 is 0. The molecule has 0 amide bonds. The van der Waals surface area contributed by atoms with Gasteiger partial charge in [-0.2, -0.15) is 0 Å². The molecule has 1 heteroatoms. The summed E-state index contributed by atoms with van der Waals surface area (Å²) in [6.45, 7) is 4.21. The quantitative estimate of drug-likeness (QED) is 0.603. The van der Waals surface area contributed by atoms with Crippen LogP contribution in [0.2, 0.25) is 0 Å². The van der Waals surface area contributed by atoms with Crippen LogP contribution in [0.5, 0.6) is 0 Å². The fourth-order valence-electron chi connectivity index (χ4n) is 0.773. The van der Waals surface area contributed by atoms with Crippen molar-refractivity contribution < 1.29 is 5.11 Å². The summed E-state index contributed by atoms with van der Waals surface area (Å²) in [5.41, 5.74) is 0. The molecule has 55 valence electrons. The maximum Gasteiger partial charge on any atom is 0.0571 e. The summed E-state index contributed by atoms with van der Waals surface area (Å²) < 4.78 is 0. The molecule has 0 fully saturated rings. The Morgan fingerprint density at radius 2 is 2.00 bits per heavy atom. The summed E-state index contributed by atoms with van der Waals surface area (Å²) in [4.78, 5) is 0. The molecule has 0 aromatic carbocycles. The van der Waals surface area contributed by atoms with Crippen LogP contribution < -0.4 is 0 Å². The number of hydrogen-bond acceptors (Lipinski definition) is 1. The first-order chi connectivity index (χ1) is 4.31. The molecule has 0 saturated heterocycles. The predicted octanol–water partition coefficient (Wildman–Crippen LogP) is 2.15. The molecule has 1 unspecified atom stereocenters. The molecule has 0 bridgehead atoms. The van der Waals surface area contributed by atoms with Gasteiger partial charge in [-0.15, -0.1) is 0 Å². The van der Waals surface area contributed by atoms with Gasteiger partial charge in [0.2, 0.25) is 0 Å². The highest BCUT2D eigenvalue weighted by molar-refractivity contribution is 4.73. The fourth-order valence-corrected chi connectivity index (χ4v) is 0.773. The summed E-state index contributed by atoms with van der Waals surface area (Å²) in [6, 6.07) is 0. The lowest BCUT2D eigenvalue weighted by Crippen LogP contribution is -2.05. The van der Waals surface area contributed by atoms with Crippen molar-refractivity contribution in [3.8, 4) is 0 Å². The van der Waals surface area contributed by atoms with Crippen molar-refractivity contribution >= 4 is 0 Å². The molecule has 0 aliphatic heterocycles. The van der Waals surface area contributed by atoms with Crippen LogP contribution in [0.3, 0.4) is 0 Å². The number of rotatable bonds is 5. The van der Waals surface area contributed by atoms with E-state index in [0.717, 1.165) is 25.7 Å². The largest absolute Gasteiger partial charge is 0.393 e. The smallest absolute Gasteiger partial charge is 0.0571 e. The van der Waals surface area contributed by atoms with Crippen LogP contribution in [0, 0.1) is 6.42 Å². The second kappa shape index (κ2) is 6.09. The van der Waals surface area contributed by atoms with Crippen molar-refractivity contribution in [2.24, 2.45) is 0 Å². The summed E-state index contributed by atoms with van der Waals surface area (Å²) in [7, 11) is 0. The third-order valence-corrected chi connectivity index (χ3v) is 1.31. The Morgan fingerprint density at radius 3 is 2.44 bits per heavy atom. The van der Waals surface area contributed by atoms with Crippen molar-refractivity contribution in [3.63, 3.8) is 0 Å². The molecule has 0 spiro atoms. The predicted molar refractivity (Wildman–Crippen MR) is 40.1 cm³/mol. The lowest BCUT2D eigenvalue weighted by Gasteiger charge is -2.05. The molecular weight excluding hydrogens is 112 g/mol. The van der Waals surface area contributed by atoms with Gasteiger partial charge in [0.15, 0.2) is 0 Å². The molecule has 0 aromatic heterocycles. The van der Waals surface area contributed by atoms with Crippen LogP contribution in [-0.4, -0.2) is 11.2 Å². The molecule has 1 N–H and O–H groups in total. The Balaban J connectivity index is 2.95. The van der Waals surface area contributed by atoms with Gasteiger partial charge in [0.1, 0.15) is 0 Å². The molecule has 9 heavy (non-hydrogen) atoms. The van der Waals surface area contributed by atoms with Gasteiger partial charge in [-0.1, -0.05) is 26.7 Å². The van der Waals surface area contributed by atoms with Gasteiger partial charge < -0.3 is 5.11 Å². The molecule has 1 atom stereocenters. The Hall–Kier alpha value is -0.0400. The van der Waals surface area contributed by atoms with Crippen molar-refractivity contribution in [1.82, 2.24) is 0 Å². The SMILES string of the molecule is CCC[CH]C(O)CCC. The first kappa shape index (κ1) is 8.96. The van der Waals surface area contributed by atoms with Gasteiger partial charge in [-0.3, -0.25) is 0 Å². The van der Waals surface area contributed by atoms with E-state index in [1.54, 1.807) is 0 Å². The van der Waals surface area contributed by atoms with Crippen LogP contribution in [0.4, 0.5) is 0 Å². The monoisotopic (exact) mass is 129 g/mol. The van der Waals surface area contributed by atoms with Crippen LogP contribution >= 0.6 is 0 Å². The summed E-state index contributed by atoms with van der Waals surface area (Å²) in [6.07, 6.45) is 6.00. The van der Waals surface area contributed by atoms with E-state index >= 15 is 0 Å². The molecular formula is C8H17O. The third-order valence-electron chi connectivity index (χ3n) is 1.31. The normalized spacial score (nSPS) is 13.7. The highest BCUT2D eigenvalue weighted by atomic mass is 16.3. The van der Waals surface area contributed by atoms with Crippen molar-refractivity contribution in [1.29, 1.82) is 0 Å². The Morgan fingerprint density at radius 1 is 1.33 bits per heavy atom. The fraction of sp³-hybridized carbons (Fsp3) is 0.875. The maximum atomic E-state index is 9.12. The number of hydrogen-bond donors (Lipinski definition) is 1. The van der Waals surface area contributed by atoms with Crippen LogP contribution in [0.1, 0.15) is 39.5 Å². The van der Waals surface area contributed by atoms with Crippen molar-refractivity contribution in [3.05, 3.63) is 6.42 Å². The van der Waals surface area contributed by atoms with E-state index in [1.807, 2.05) is 6.42 Å². The highest BCUT2D eigenvalue weighted by Gasteiger charge is 1.99. The lowest BCUT2D eigenvalue weighted by molar-refractivity contribution is 0.191. The molecule has 0 saturated carbocycles. The van der Waals surface area contributed by atoms with Crippen LogP contribution in [-0.2, 0) is 0 Å². The van der Waals surface area contributed by atoms with Crippen molar-refractivity contribution in [2.45, 2.75) is 45.6 Å². The van der Waals surface area contributed by atoms with Gasteiger partial charge in [-0.25, -0.2) is 0 Å². The zero-order chi connectivity index (χ0) is 7.11. The van der Waals surface area contributed by atoms with Gasteiger partial charge >= 0.3 is 0 Å². The minimum atomic E-state index is -0.157. The second-order valence-electron chi connectivity index (χ2n) is 2.38. The maximum absolute atomic E-state index is 9.12. The average Bonchev–Trinajstić information content (AvgIpc) is 1.85. The third kappa shape index (κ3) is 5.84. The molecule has 0 aliphatic rings. The van der Waals surface area contributed by atoms with Crippen molar-refractivity contribution in [2.75, 3.05) is 0 Å². The van der Waals surface area contributed by atoms with E-state index in [0.29, 0.717) is 0 Å². The number of aliphatic hydroxyl groups is 1. The van der Waals surface area contributed by atoms with E-state index in [1.165, 1.54) is 0 Å². The van der Waals surface area contributed by atoms with Gasteiger partial charge in [-0.05, 0) is 19.3 Å². The standard InChI is InChI=1S/C8H17O/c1-3-5-7-8(9)6-4-2/h7-9H,3-6H2,1-2H3. The first-order valence-corrected chi connectivity index (χ1v) is 3.82. The zero-order valence-electron chi connectivity index (χ0n) is 6.43. The highest BCUT2D eigenvalue weighted by Crippen LogP contribution is 2.03. The van der Waals surface area contributed by atoms with Gasteiger partial charge in [0, 0.05) is 0 Å². The van der Waals surface area contributed by atoms with E-state index < -0.39 is 0 Å². The number of unbranched alkanes of at least 4 members (excludes halogenated alkanes) is 1. The molecule has 1 radical (unpaired) electrons. The molecule has 0 aromatic rings. The van der Waals surface area contributed by atoms with Gasteiger partial charge in [0.05, 0.1) is 6.10 Å². The molecule has 0 heterocycles. The Bertz CT molecular complexity index is 52.5. The average molecular weight is 129 g/mol. The van der Waals surface area contributed by atoms with E-state index in [4.69, 9.17) is 5.11 Å². The van der Waals surface area contributed by atoms with Crippen LogP contribution in [0.25, 0.3) is 0 Å². The lowest BCUT2D eigenvalue weighted by atomic mass is 10.1. The van der Waals surface area contributed by atoms with Gasteiger partial charge in [0.25, 0.3) is 0 Å². The zero-order valence-corrected chi connectivity index (χ0v) is 6.43. The molecule has 0 aliphatic carbocycles. The second-order valence-corrected chi connectivity index (χ2v) is 2.38. The first-order valence-electron chi connectivity index (χ1n) is 3.82. The number of aliphatic hydroxyl groups excluding tert-OH is 1. The van der Waals surface area contributed by atoms with E-state index in [2.05, 4.69) is 13.8 Å².